The number of piperazine rings is 1. The van der Waals surface area contributed by atoms with Crippen molar-refractivity contribution in [3.63, 3.8) is 0 Å². The molecule has 3 nitrogen and oxygen atoms in total. The predicted molar refractivity (Wildman–Crippen MR) is 81.2 cm³/mol. The lowest BCUT2D eigenvalue weighted by Crippen LogP contribution is -2.57. The Morgan fingerprint density at radius 1 is 1.16 bits per heavy atom. The van der Waals surface area contributed by atoms with Crippen molar-refractivity contribution in [3.8, 4) is 0 Å². The van der Waals surface area contributed by atoms with Gasteiger partial charge in [-0.1, -0.05) is 24.3 Å². The molecule has 1 aliphatic heterocycles. The van der Waals surface area contributed by atoms with Crippen molar-refractivity contribution in [1.82, 2.24) is 9.80 Å². The van der Waals surface area contributed by atoms with Gasteiger partial charge in [-0.15, -0.1) is 0 Å². The van der Waals surface area contributed by atoms with Gasteiger partial charge in [-0.3, -0.25) is 9.80 Å². The van der Waals surface area contributed by atoms with Crippen LogP contribution >= 0.6 is 0 Å². The maximum atomic E-state index is 5.80. The molecule has 1 aromatic carbocycles. The molecule has 3 heteroatoms. The molecule has 0 bridgehead atoms. The van der Waals surface area contributed by atoms with Crippen LogP contribution in [0.3, 0.4) is 0 Å². The van der Waals surface area contributed by atoms with Crippen LogP contribution in [0, 0.1) is 0 Å². The second kappa shape index (κ2) is 6.04. The summed E-state index contributed by atoms with van der Waals surface area (Å²) in [5, 5.41) is 0. The van der Waals surface area contributed by atoms with Gasteiger partial charge in [0.1, 0.15) is 0 Å². The Morgan fingerprint density at radius 2 is 1.84 bits per heavy atom. The first-order valence-corrected chi connectivity index (χ1v) is 7.23. The van der Waals surface area contributed by atoms with Gasteiger partial charge in [0.05, 0.1) is 0 Å². The van der Waals surface area contributed by atoms with E-state index in [9.17, 15) is 0 Å². The van der Waals surface area contributed by atoms with Gasteiger partial charge in [0.25, 0.3) is 0 Å². The number of hydrogen-bond acceptors (Lipinski definition) is 3. The van der Waals surface area contributed by atoms with E-state index in [4.69, 9.17) is 5.73 Å². The molecule has 19 heavy (non-hydrogen) atoms. The highest BCUT2D eigenvalue weighted by Gasteiger charge is 2.30. The normalized spacial score (nSPS) is 20.6. The monoisotopic (exact) mass is 261 g/mol. The van der Waals surface area contributed by atoms with Crippen LogP contribution < -0.4 is 5.73 Å². The summed E-state index contributed by atoms with van der Waals surface area (Å²) in [6.07, 6.45) is 1.10. The standard InChI is InChI=1S/C16H27N3/c1-16(2)13-19(11-10-18(16)3)9-8-14-6-4-5-7-15(14)12-17/h4-7H,8-13,17H2,1-3H3. The van der Waals surface area contributed by atoms with Crippen LogP contribution in [0.2, 0.25) is 0 Å². The molecular formula is C16H27N3. The van der Waals surface area contributed by atoms with Crippen molar-refractivity contribution >= 4 is 0 Å². The maximum Gasteiger partial charge on any atom is 0.0277 e. The van der Waals surface area contributed by atoms with Gasteiger partial charge < -0.3 is 5.73 Å². The molecule has 106 valence electrons. The SMILES string of the molecule is CN1CCN(CCc2ccccc2CN)CC1(C)C. The van der Waals surface area contributed by atoms with E-state index in [2.05, 4.69) is 55.0 Å². The topological polar surface area (TPSA) is 32.5 Å². The lowest BCUT2D eigenvalue weighted by atomic mass is 9.98. The van der Waals surface area contributed by atoms with Gasteiger partial charge in [0.15, 0.2) is 0 Å². The quantitative estimate of drug-likeness (QED) is 0.895. The molecule has 0 aromatic heterocycles. The molecule has 0 saturated carbocycles. The van der Waals surface area contributed by atoms with E-state index in [0.717, 1.165) is 26.1 Å². The third kappa shape index (κ3) is 3.56. The van der Waals surface area contributed by atoms with Gasteiger partial charge in [-0.2, -0.15) is 0 Å². The molecule has 0 amide bonds. The van der Waals surface area contributed by atoms with E-state index >= 15 is 0 Å². The molecule has 0 aliphatic carbocycles. The molecule has 1 aliphatic rings. The van der Waals surface area contributed by atoms with Crippen molar-refractivity contribution in [1.29, 1.82) is 0 Å². The van der Waals surface area contributed by atoms with Gasteiger partial charge in [-0.05, 0) is 38.4 Å². The Balaban J connectivity index is 1.92. The average molecular weight is 261 g/mol. The highest BCUT2D eigenvalue weighted by Crippen LogP contribution is 2.19. The molecule has 1 saturated heterocycles. The Labute approximate surface area is 117 Å². The van der Waals surface area contributed by atoms with Crippen LogP contribution in [0.15, 0.2) is 24.3 Å². The summed E-state index contributed by atoms with van der Waals surface area (Å²) in [6.45, 7) is 9.91. The van der Waals surface area contributed by atoms with Gasteiger partial charge in [0, 0.05) is 38.3 Å². The third-order valence-electron chi connectivity index (χ3n) is 4.43. The van der Waals surface area contributed by atoms with Crippen LogP contribution in [0.1, 0.15) is 25.0 Å². The fourth-order valence-electron chi connectivity index (χ4n) is 2.81. The summed E-state index contributed by atoms with van der Waals surface area (Å²) in [7, 11) is 2.22. The summed E-state index contributed by atoms with van der Waals surface area (Å²) < 4.78 is 0. The lowest BCUT2D eigenvalue weighted by Gasteiger charge is -2.45. The summed E-state index contributed by atoms with van der Waals surface area (Å²) >= 11 is 0. The molecule has 0 unspecified atom stereocenters. The molecule has 1 heterocycles. The number of hydrogen-bond donors (Lipinski definition) is 1. The molecule has 1 fully saturated rings. The van der Waals surface area contributed by atoms with Crippen molar-refractivity contribution in [2.24, 2.45) is 5.73 Å². The van der Waals surface area contributed by atoms with Crippen LogP contribution in [-0.4, -0.2) is 48.6 Å². The van der Waals surface area contributed by atoms with Crippen LogP contribution in [0.5, 0.6) is 0 Å². The zero-order valence-electron chi connectivity index (χ0n) is 12.5. The minimum Gasteiger partial charge on any atom is -0.326 e. The van der Waals surface area contributed by atoms with Gasteiger partial charge >= 0.3 is 0 Å². The first kappa shape index (κ1) is 14.5. The number of rotatable bonds is 4. The molecule has 0 atom stereocenters. The molecule has 0 radical (unpaired) electrons. The number of nitrogens with zero attached hydrogens (tertiary/aromatic N) is 2. The van der Waals surface area contributed by atoms with E-state index in [1.165, 1.54) is 17.7 Å². The fourth-order valence-corrected chi connectivity index (χ4v) is 2.81. The zero-order chi connectivity index (χ0) is 13.9. The Kier molecular flexibility index (Phi) is 4.61. The highest BCUT2D eigenvalue weighted by atomic mass is 15.3. The summed E-state index contributed by atoms with van der Waals surface area (Å²) in [5.74, 6) is 0. The fraction of sp³-hybridized carbons (Fsp3) is 0.625. The summed E-state index contributed by atoms with van der Waals surface area (Å²) in [6, 6.07) is 8.54. The van der Waals surface area contributed by atoms with E-state index in [1.54, 1.807) is 0 Å². The summed E-state index contributed by atoms with van der Waals surface area (Å²) in [5.41, 5.74) is 8.78. The van der Waals surface area contributed by atoms with Crippen LogP contribution in [0.4, 0.5) is 0 Å². The van der Waals surface area contributed by atoms with Crippen LogP contribution in [0.25, 0.3) is 0 Å². The minimum absolute atomic E-state index is 0.283. The lowest BCUT2D eigenvalue weighted by molar-refractivity contribution is 0.0407. The van der Waals surface area contributed by atoms with Gasteiger partial charge in [-0.25, -0.2) is 0 Å². The second-order valence-corrected chi connectivity index (χ2v) is 6.23. The molecule has 2 rings (SSSR count). The van der Waals surface area contributed by atoms with Crippen molar-refractivity contribution in [2.45, 2.75) is 32.4 Å². The van der Waals surface area contributed by atoms with E-state index in [1.807, 2.05) is 0 Å². The number of nitrogens with two attached hydrogens (primary N) is 1. The smallest absolute Gasteiger partial charge is 0.0277 e. The second-order valence-electron chi connectivity index (χ2n) is 6.23. The maximum absolute atomic E-state index is 5.80. The number of likely N-dealkylation sites (N-methyl/N-ethyl adjacent to an activating group) is 1. The van der Waals surface area contributed by atoms with Crippen molar-refractivity contribution < 1.29 is 0 Å². The van der Waals surface area contributed by atoms with Gasteiger partial charge in [0.2, 0.25) is 0 Å². The molecular weight excluding hydrogens is 234 g/mol. The molecule has 0 spiro atoms. The van der Waals surface area contributed by atoms with Crippen LogP contribution in [-0.2, 0) is 13.0 Å². The Bertz CT molecular complexity index is 414. The predicted octanol–water partition coefficient (Wildman–Crippen LogP) is 1.71. The van der Waals surface area contributed by atoms with Crippen molar-refractivity contribution in [2.75, 3.05) is 33.2 Å². The Morgan fingerprint density at radius 3 is 2.47 bits per heavy atom. The van der Waals surface area contributed by atoms with E-state index < -0.39 is 0 Å². The molecule has 1 aromatic rings. The number of benzene rings is 1. The summed E-state index contributed by atoms with van der Waals surface area (Å²) in [4.78, 5) is 5.03. The minimum atomic E-state index is 0.283. The first-order valence-electron chi connectivity index (χ1n) is 7.23. The largest absolute Gasteiger partial charge is 0.326 e. The van der Waals surface area contributed by atoms with Crippen molar-refractivity contribution in [3.05, 3.63) is 35.4 Å². The first-order chi connectivity index (χ1) is 9.03. The Hall–Kier alpha value is -0.900. The van der Waals surface area contributed by atoms with E-state index in [-0.39, 0.29) is 5.54 Å². The highest BCUT2D eigenvalue weighted by molar-refractivity contribution is 5.27. The zero-order valence-corrected chi connectivity index (χ0v) is 12.5. The average Bonchev–Trinajstić information content (AvgIpc) is 2.40. The molecule has 2 N–H and O–H groups in total. The van der Waals surface area contributed by atoms with E-state index in [0.29, 0.717) is 6.54 Å². The third-order valence-corrected chi connectivity index (χ3v) is 4.43.